The fourth-order valence-corrected chi connectivity index (χ4v) is 3.42. The summed E-state index contributed by atoms with van der Waals surface area (Å²) in [5, 5.41) is 21.3. The zero-order chi connectivity index (χ0) is 13.3. The van der Waals surface area contributed by atoms with E-state index >= 15 is 0 Å². The first-order valence-corrected chi connectivity index (χ1v) is 7.01. The summed E-state index contributed by atoms with van der Waals surface area (Å²) in [5.41, 5.74) is 0.130. The van der Waals surface area contributed by atoms with Crippen LogP contribution in [0.15, 0.2) is 6.07 Å². The summed E-state index contributed by atoms with van der Waals surface area (Å²) in [6.45, 7) is 5.53. The quantitative estimate of drug-likeness (QED) is 0.677. The Morgan fingerprint density at radius 3 is 2.94 bits per heavy atom. The second-order valence-electron chi connectivity index (χ2n) is 4.97. The molecule has 18 heavy (non-hydrogen) atoms. The maximum atomic E-state index is 11.1. The van der Waals surface area contributed by atoms with Crippen molar-refractivity contribution >= 4 is 22.0 Å². The van der Waals surface area contributed by atoms with Crippen molar-refractivity contribution in [2.24, 2.45) is 5.92 Å². The lowest BCUT2D eigenvalue weighted by molar-refractivity contribution is -0.383. The van der Waals surface area contributed by atoms with Crippen LogP contribution < -0.4 is 4.90 Å². The van der Waals surface area contributed by atoms with Gasteiger partial charge in [0.15, 0.2) is 5.00 Å². The molecular formula is C12H18N2O3S. The molecule has 1 aromatic rings. The van der Waals surface area contributed by atoms with E-state index in [1.807, 2.05) is 0 Å². The molecule has 1 saturated heterocycles. The van der Waals surface area contributed by atoms with Crippen molar-refractivity contribution in [3.05, 3.63) is 21.1 Å². The molecule has 2 atom stereocenters. The van der Waals surface area contributed by atoms with Crippen LogP contribution in [-0.2, 0) is 0 Å². The molecule has 1 N–H and O–H groups in total. The van der Waals surface area contributed by atoms with Gasteiger partial charge in [-0.15, -0.1) is 11.3 Å². The van der Waals surface area contributed by atoms with Crippen LogP contribution in [0.1, 0.15) is 37.7 Å². The molecule has 2 heterocycles. The molecule has 1 aliphatic heterocycles. The van der Waals surface area contributed by atoms with Crippen molar-refractivity contribution in [3.63, 3.8) is 0 Å². The normalized spacial score (nSPS) is 21.9. The molecule has 0 aromatic carbocycles. The van der Waals surface area contributed by atoms with E-state index in [1.54, 1.807) is 6.92 Å². The number of thiophene rings is 1. The largest absolute Gasteiger partial charge is 0.388 e. The molecule has 0 amide bonds. The van der Waals surface area contributed by atoms with Crippen LogP contribution in [0.5, 0.6) is 0 Å². The fourth-order valence-electron chi connectivity index (χ4n) is 2.33. The molecule has 2 unspecified atom stereocenters. The maximum Gasteiger partial charge on any atom is 0.304 e. The first kappa shape index (κ1) is 13.3. The number of piperidine rings is 1. The van der Waals surface area contributed by atoms with E-state index in [-0.39, 0.29) is 10.6 Å². The van der Waals surface area contributed by atoms with Crippen LogP contribution in [0, 0.1) is 16.0 Å². The van der Waals surface area contributed by atoms with Crippen LogP contribution >= 0.6 is 11.3 Å². The third kappa shape index (κ3) is 2.64. The highest BCUT2D eigenvalue weighted by Gasteiger charge is 2.27. The Morgan fingerprint density at radius 1 is 1.67 bits per heavy atom. The predicted molar refractivity (Wildman–Crippen MR) is 72.2 cm³/mol. The van der Waals surface area contributed by atoms with Crippen LogP contribution in [0.4, 0.5) is 10.7 Å². The highest BCUT2D eigenvalue weighted by molar-refractivity contribution is 7.16. The first-order chi connectivity index (χ1) is 8.49. The average molecular weight is 270 g/mol. The Kier molecular flexibility index (Phi) is 3.87. The smallest absolute Gasteiger partial charge is 0.304 e. The number of hydrogen-bond donors (Lipinski definition) is 1. The Bertz CT molecular complexity index is 445. The summed E-state index contributed by atoms with van der Waals surface area (Å²) < 4.78 is 0. The summed E-state index contributed by atoms with van der Waals surface area (Å²) in [7, 11) is 0. The van der Waals surface area contributed by atoms with E-state index in [2.05, 4.69) is 11.8 Å². The summed E-state index contributed by atoms with van der Waals surface area (Å²) in [5.74, 6) is 0.565. The van der Waals surface area contributed by atoms with E-state index in [0.717, 1.165) is 19.5 Å². The van der Waals surface area contributed by atoms with Gasteiger partial charge in [-0.05, 0) is 25.7 Å². The number of nitrogens with zero attached hydrogens (tertiary/aromatic N) is 2. The number of rotatable bonds is 3. The molecule has 1 fully saturated rings. The Labute approximate surface area is 110 Å². The molecule has 100 valence electrons. The molecule has 1 aromatic heterocycles. The van der Waals surface area contributed by atoms with Crippen molar-refractivity contribution in [1.29, 1.82) is 0 Å². The fraction of sp³-hybridized carbons (Fsp3) is 0.667. The number of nitro groups is 1. The van der Waals surface area contributed by atoms with Gasteiger partial charge >= 0.3 is 5.69 Å². The minimum atomic E-state index is -0.648. The zero-order valence-electron chi connectivity index (χ0n) is 10.6. The predicted octanol–water partition coefficient (Wildman–Crippen LogP) is 2.95. The van der Waals surface area contributed by atoms with Crippen molar-refractivity contribution in [2.45, 2.75) is 32.8 Å². The van der Waals surface area contributed by atoms with Crippen LogP contribution in [0.2, 0.25) is 0 Å². The van der Waals surface area contributed by atoms with Crippen LogP contribution in [-0.4, -0.2) is 23.1 Å². The van der Waals surface area contributed by atoms with Crippen molar-refractivity contribution in [2.75, 3.05) is 18.0 Å². The van der Waals surface area contributed by atoms with E-state index in [0.29, 0.717) is 15.8 Å². The summed E-state index contributed by atoms with van der Waals surface area (Å²) in [6.07, 6.45) is 1.60. The van der Waals surface area contributed by atoms with Gasteiger partial charge in [-0.25, -0.2) is 0 Å². The summed E-state index contributed by atoms with van der Waals surface area (Å²) in [4.78, 5) is 13.5. The van der Waals surface area contributed by atoms with Gasteiger partial charge in [0, 0.05) is 24.0 Å². The van der Waals surface area contributed by atoms with Gasteiger partial charge in [-0.2, -0.15) is 0 Å². The minimum Gasteiger partial charge on any atom is -0.388 e. The van der Waals surface area contributed by atoms with E-state index < -0.39 is 6.10 Å². The molecule has 1 aliphatic rings. The van der Waals surface area contributed by atoms with Crippen LogP contribution in [0.3, 0.4) is 0 Å². The van der Waals surface area contributed by atoms with Gasteiger partial charge < -0.3 is 10.0 Å². The van der Waals surface area contributed by atoms with Crippen molar-refractivity contribution in [1.82, 2.24) is 0 Å². The average Bonchev–Trinajstić information content (AvgIpc) is 2.73. The van der Waals surface area contributed by atoms with Gasteiger partial charge in [-0.1, -0.05) is 6.92 Å². The highest BCUT2D eigenvalue weighted by atomic mass is 32.1. The van der Waals surface area contributed by atoms with E-state index in [1.165, 1.54) is 23.8 Å². The lowest BCUT2D eigenvalue weighted by Gasteiger charge is -2.31. The van der Waals surface area contributed by atoms with Gasteiger partial charge in [-0.3, -0.25) is 10.1 Å². The van der Waals surface area contributed by atoms with E-state index in [9.17, 15) is 15.2 Å². The lowest BCUT2D eigenvalue weighted by atomic mass is 10.0. The first-order valence-electron chi connectivity index (χ1n) is 6.20. The second kappa shape index (κ2) is 5.24. The van der Waals surface area contributed by atoms with Crippen molar-refractivity contribution in [3.8, 4) is 0 Å². The SMILES string of the molecule is CC1CCCN(c2sc(C(C)O)cc2[N+](=O)[O-])C1. The minimum absolute atomic E-state index is 0.130. The molecule has 0 saturated carbocycles. The molecule has 0 bridgehead atoms. The third-order valence-electron chi connectivity index (χ3n) is 3.27. The maximum absolute atomic E-state index is 11.1. The van der Waals surface area contributed by atoms with Crippen molar-refractivity contribution < 1.29 is 10.0 Å². The molecule has 0 spiro atoms. The van der Waals surface area contributed by atoms with E-state index in [4.69, 9.17) is 0 Å². The number of anilines is 1. The Hall–Kier alpha value is -1.14. The summed E-state index contributed by atoms with van der Waals surface area (Å²) >= 11 is 1.34. The summed E-state index contributed by atoms with van der Waals surface area (Å²) in [6, 6.07) is 1.50. The van der Waals surface area contributed by atoms with Gasteiger partial charge in [0.2, 0.25) is 0 Å². The number of aliphatic hydroxyl groups excluding tert-OH is 1. The number of aliphatic hydroxyl groups is 1. The topological polar surface area (TPSA) is 66.6 Å². The lowest BCUT2D eigenvalue weighted by Crippen LogP contribution is -2.33. The molecular weight excluding hydrogens is 252 g/mol. The second-order valence-corrected chi connectivity index (χ2v) is 6.03. The number of hydrogen-bond acceptors (Lipinski definition) is 5. The molecule has 0 radical (unpaired) electrons. The van der Waals surface area contributed by atoms with Gasteiger partial charge in [0.25, 0.3) is 0 Å². The van der Waals surface area contributed by atoms with Gasteiger partial charge in [0.05, 0.1) is 11.0 Å². The monoisotopic (exact) mass is 270 g/mol. The molecule has 2 rings (SSSR count). The highest BCUT2D eigenvalue weighted by Crippen LogP contribution is 2.41. The Balaban J connectivity index is 2.32. The zero-order valence-corrected chi connectivity index (χ0v) is 11.4. The van der Waals surface area contributed by atoms with Gasteiger partial charge in [0.1, 0.15) is 0 Å². The Morgan fingerprint density at radius 2 is 2.39 bits per heavy atom. The third-order valence-corrected chi connectivity index (χ3v) is 4.62. The molecule has 6 heteroatoms. The molecule has 0 aliphatic carbocycles. The standard InChI is InChI=1S/C12H18N2O3S/c1-8-4-3-5-13(7-8)12-10(14(16)17)6-11(18-12)9(2)15/h6,8-9,15H,3-5,7H2,1-2H3. The molecule has 5 nitrogen and oxygen atoms in total. The van der Waals surface area contributed by atoms with Crippen LogP contribution in [0.25, 0.3) is 0 Å².